The van der Waals surface area contributed by atoms with Crippen LogP contribution in [0.2, 0.25) is 0 Å². The van der Waals surface area contributed by atoms with Gasteiger partial charge >= 0.3 is 6.09 Å². The number of carbonyl (C=O) groups is 1. The van der Waals surface area contributed by atoms with E-state index in [1.165, 1.54) is 0 Å². The highest BCUT2D eigenvalue weighted by Crippen LogP contribution is 2.19. The van der Waals surface area contributed by atoms with Crippen LogP contribution in [0.25, 0.3) is 0 Å². The predicted octanol–water partition coefficient (Wildman–Crippen LogP) is 2.97. The van der Waals surface area contributed by atoms with Crippen LogP contribution in [0.4, 0.5) is 4.79 Å². The molecular formula is C14H19ClN2O2. The Morgan fingerprint density at radius 2 is 2.00 bits per heavy atom. The van der Waals surface area contributed by atoms with Gasteiger partial charge in [-0.1, -0.05) is 30.3 Å². The monoisotopic (exact) mass is 282 g/mol. The lowest BCUT2D eigenvalue weighted by Crippen LogP contribution is -2.42. The summed E-state index contributed by atoms with van der Waals surface area (Å²) in [6.45, 7) is 0.302. The van der Waals surface area contributed by atoms with Crippen molar-refractivity contribution in [2.75, 3.05) is 0 Å². The molecule has 0 aromatic heterocycles. The summed E-state index contributed by atoms with van der Waals surface area (Å²) in [7, 11) is 0. The summed E-state index contributed by atoms with van der Waals surface area (Å²) in [5.41, 5.74) is 0.988. The lowest BCUT2D eigenvalue weighted by molar-refractivity contribution is 0.132. The molecule has 0 spiro atoms. The first-order chi connectivity index (χ1) is 9.28. The van der Waals surface area contributed by atoms with Crippen molar-refractivity contribution in [3.63, 3.8) is 0 Å². The van der Waals surface area contributed by atoms with Gasteiger partial charge in [0.2, 0.25) is 0 Å². The second kappa shape index (κ2) is 7.36. The third-order valence-electron chi connectivity index (χ3n) is 3.36. The Bertz CT molecular complexity index is 400. The predicted molar refractivity (Wildman–Crippen MR) is 74.8 cm³/mol. The standard InChI is InChI=1S/C14H19ClN2O2/c15-17-13-8-4-7-12(9-13)16-14(18)19-10-11-5-2-1-3-6-11/h1-3,5-6,12-13,17H,4,7-10H2,(H,16,18)/t12-,13+/m0/s1. The summed E-state index contributed by atoms with van der Waals surface area (Å²) in [6.07, 6.45) is 3.60. The van der Waals surface area contributed by atoms with Crippen LogP contribution >= 0.6 is 11.8 Å². The molecular weight excluding hydrogens is 264 g/mol. The van der Waals surface area contributed by atoms with Crippen LogP contribution in [0.15, 0.2) is 30.3 Å². The SMILES string of the molecule is O=C(N[C@H]1CCC[C@@H](NCl)C1)OCc1ccccc1. The molecule has 1 aliphatic rings. The van der Waals surface area contributed by atoms with Gasteiger partial charge in [-0.2, -0.15) is 0 Å². The molecule has 0 aliphatic heterocycles. The molecule has 0 radical (unpaired) electrons. The van der Waals surface area contributed by atoms with E-state index in [-0.39, 0.29) is 18.2 Å². The molecule has 5 heteroatoms. The van der Waals surface area contributed by atoms with E-state index in [4.69, 9.17) is 16.5 Å². The number of hydrogen-bond donors (Lipinski definition) is 2. The first-order valence-electron chi connectivity index (χ1n) is 6.61. The third-order valence-corrected chi connectivity index (χ3v) is 3.67. The first kappa shape index (κ1) is 14.2. The fraction of sp³-hybridized carbons (Fsp3) is 0.500. The van der Waals surface area contributed by atoms with Crippen molar-refractivity contribution in [3.8, 4) is 0 Å². The van der Waals surface area contributed by atoms with Gasteiger partial charge in [-0.15, -0.1) is 0 Å². The van der Waals surface area contributed by atoms with Crippen LogP contribution in [0.1, 0.15) is 31.2 Å². The molecule has 104 valence electrons. The quantitative estimate of drug-likeness (QED) is 0.835. The zero-order valence-corrected chi connectivity index (χ0v) is 11.5. The van der Waals surface area contributed by atoms with E-state index < -0.39 is 0 Å². The Kier molecular flexibility index (Phi) is 5.48. The highest BCUT2D eigenvalue weighted by molar-refractivity contribution is 6.13. The zero-order chi connectivity index (χ0) is 13.5. The maximum Gasteiger partial charge on any atom is 0.407 e. The number of rotatable bonds is 4. The summed E-state index contributed by atoms with van der Waals surface area (Å²) >= 11 is 5.63. The average molecular weight is 283 g/mol. The summed E-state index contributed by atoms with van der Waals surface area (Å²) in [5, 5.41) is 2.89. The van der Waals surface area contributed by atoms with E-state index >= 15 is 0 Å². The number of amides is 1. The number of halogens is 1. The normalized spacial score (nSPS) is 22.8. The molecule has 1 aromatic carbocycles. The largest absolute Gasteiger partial charge is 0.445 e. The maximum atomic E-state index is 11.7. The minimum absolute atomic E-state index is 0.147. The highest BCUT2D eigenvalue weighted by Gasteiger charge is 2.23. The molecule has 1 saturated carbocycles. The van der Waals surface area contributed by atoms with Gasteiger partial charge in [-0.05, 0) is 43.0 Å². The van der Waals surface area contributed by atoms with E-state index in [1.54, 1.807) is 0 Å². The Morgan fingerprint density at radius 3 is 2.74 bits per heavy atom. The molecule has 0 bridgehead atoms. The van der Waals surface area contributed by atoms with E-state index in [1.807, 2.05) is 30.3 Å². The molecule has 1 fully saturated rings. The van der Waals surface area contributed by atoms with Crippen molar-refractivity contribution in [1.82, 2.24) is 10.2 Å². The summed E-state index contributed by atoms with van der Waals surface area (Å²) in [6, 6.07) is 10.1. The van der Waals surface area contributed by atoms with Gasteiger partial charge in [0.1, 0.15) is 6.61 Å². The van der Waals surface area contributed by atoms with Crippen molar-refractivity contribution in [3.05, 3.63) is 35.9 Å². The van der Waals surface area contributed by atoms with Crippen LogP contribution in [-0.4, -0.2) is 18.2 Å². The Morgan fingerprint density at radius 1 is 1.26 bits per heavy atom. The summed E-state index contributed by atoms with van der Waals surface area (Å²) < 4.78 is 5.20. The number of benzene rings is 1. The lowest BCUT2D eigenvalue weighted by Gasteiger charge is -2.28. The van der Waals surface area contributed by atoms with Gasteiger partial charge in [0, 0.05) is 12.1 Å². The van der Waals surface area contributed by atoms with Gasteiger partial charge in [0.15, 0.2) is 0 Å². The third kappa shape index (κ3) is 4.73. The molecule has 2 atom stereocenters. The molecule has 19 heavy (non-hydrogen) atoms. The molecule has 2 rings (SSSR count). The molecule has 1 amide bonds. The van der Waals surface area contributed by atoms with Crippen molar-refractivity contribution in [2.45, 2.75) is 44.4 Å². The molecule has 0 heterocycles. The van der Waals surface area contributed by atoms with Gasteiger partial charge in [0.05, 0.1) is 0 Å². The van der Waals surface area contributed by atoms with E-state index in [2.05, 4.69) is 10.2 Å². The van der Waals surface area contributed by atoms with Crippen molar-refractivity contribution >= 4 is 17.9 Å². The van der Waals surface area contributed by atoms with E-state index in [0.717, 1.165) is 31.2 Å². The second-order valence-electron chi connectivity index (χ2n) is 4.88. The second-order valence-corrected chi connectivity index (χ2v) is 5.09. The van der Waals surface area contributed by atoms with Gasteiger partial charge in [0.25, 0.3) is 0 Å². The molecule has 4 nitrogen and oxygen atoms in total. The zero-order valence-electron chi connectivity index (χ0n) is 10.8. The summed E-state index contributed by atoms with van der Waals surface area (Å²) in [5.74, 6) is 0. The maximum absolute atomic E-state index is 11.7. The average Bonchev–Trinajstić information content (AvgIpc) is 2.46. The number of nitrogens with one attached hydrogen (secondary N) is 2. The number of hydrogen-bond acceptors (Lipinski definition) is 3. The molecule has 0 unspecified atom stereocenters. The fourth-order valence-corrected chi connectivity index (χ4v) is 2.55. The van der Waals surface area contributed by atoms with Gasteiger partial charge in [-0.3, -0.25) is 0 Å². The Hall–Kier alpha value is -1.26. The molecule has 2 N–H and O–H groups in total. The Labute approximate surface area is 118 Å². The molecule has 0 saturated heterocycles. The Balaban J connectivity index is 1.72. The van der Waals surface area contributed by atoms with Crippen LogP contribution < -0.4 is 10.2 Å². The summed E-state index contributed by atoms with van der Waals surface area (Å²) in [4.78, 5) is 14.4. The first-order valence-corrected chi connectivity index (χ1v) is 6.99. The minimum atomic E-state index is -0.357. The molecule has 1 aliphatic carbocycles. The topological polar surface area (TPSA) is 50.4 Å². The van der Waals surface area contributed by atoms with Crippen LogP contribution in [0, 0.1) is 0 Å². The highest BCUT2D eigenvalue weighted by atomic mass is 35.5. The van der Waals surface area contributed by atoms with Gasteiger partial charge in [-0.25, -0.2) is 9.63 Å². The van der Waals surface area contributed by atoms with Crippen LogP contribution in [0.5, 0.6) is 0 Å². The van der Waals surface area contributed by atoms with Crippen LogP contribution in [0.3, 0.4) is 0 Å². The van der Waals surface area contributed by atoms with E-state index in [9.17, 15) is 4.79 Å². The number of alkyl carbamates (subject to hydrolysis) is 1. The van der Waals surface area contributed by atoms with Crippen LogP contribution in [-0.2, 0) is 11.3 Å². The van der Waals surface area contributed by atoms with Gasteiger partial charge < -0.3 is 10.1 Å². The van der Waals surface area contributed by atoms with Crippen molar-refractivity contribution < 1.29 is 9.53 Å². The number of carbonyl (C=O) groups excluding carboxylic acids is 1. The molecule has 1 aromatic rings. The van der Waals surface area contributed by atoms with Crippen molar-refractivity contribution in [2.24, 2.45) is 0 Å². The minimum Gasteiger partial charge on any atom is -0.445 e. The smallest absolute Gasteiger partial charge is 0.407 e. The number of ether oxygens (including phenoxy) is 1. The van der Waals surface area contributed by atoms with E-state index in [0.29, 0.717) is 6.61 Å². The fourth-order valence-electron chi connectivity index (χ4n) is 2.35. The van der Waals surface area contributed by atoms with Crippen molar-refractivity contribution in [1.29, 1.82) is 0 Å². The lowest BCUT2D eigenvalue weighted by atomic mass is 9.92.